The van der Waals surface area contributed by atoms with E-state index in [0.717, 1.165) is 0 Å². The maximum atomic E-state index is 9.90. The van der Waals surface area contributed by atoms with E-state index in [-0.39, 0.29) is 0 Å². The molecular weight excluding hydrogens is 319 g/mol. The van der Waals surface area contributed by atoms with E-state index in [1.54, 1.807) is 12.1 Å². The molecular formula is C10H11BrCl2O3. The molecule has 0 fully saturated rings. The average molecular weight is 330 g/mol. The second-order valence-electron chi connectivity index (χ2n) is 2.98. The molecule has 0 radical (unpaired) electrons. The Hall–Kier alpha value is -0.160. The first-order valence-electron chi connectivity index (χ1n) is 4.39. The second-order valence-corrected chi connectivity index (χ2v) is 4.99. The highest BCUT2D eigenvalue weighted by Crippen LogP contribution is 2.42. The molecule has 6 heteroatoms. The van der Waals surface area contributed by atoms with Crippen molar-refractivity contribution < 1.29 is 14.6 Å². The molecule has 0 aliphatic rings. The Balaban J connectivity index is 3.36. The van der Waals surface area contributed by atoms with Gasteiger partial charge < -0.3 is 14.6 Å². The van der Waals surface area contributed by atoms with Crippen molar-refractivity contribution >= 4 is 39.1 Å². The molecule has 0 aromatic heterocycles. The van der Waals surface area contributed by atoms with Crippen LogP contribution in [0.25, 0.3) is 0 Å². The number of benzene rings is 1. The second kappa shape index (κ2) is 5.96. The molecule has 0 saturated heterocycles. The van der Waals surface area contributed by atoms with E-state index >= 15 is 0 Å². The molecule has 90 valence electrons. The normalized spacial score (nSPS) is 12.7. The smallest absolute Gasteiger partial charge is 0.142 e. The molecule has 1 unspecified atom stereocenters. The number of aliphatic hydroxyl groups is 1. The number of hydrogen-bond acceptors (Lipinski definition) is 3. The molecule has 1 rings (SSSR count). The topological polar surface area (TPSA) is 38.7 Å². The Morgan fingerprint density at radius 3 is 2.31 bits per heavy atom. The van der Waals surface area contributed by atoms with Gasteiger partial charge in [-0.05, 0) is 28.1 Å². The molecule has 1 N–H and O–H groups in total. The first-order valence-corrected chi connectivity index (χ1v) is 6.06. The van der Waals surface area contributed by atoms with E-state index in [1.807, 2.05) is 0 Å². The summed E-state index contributed by atoms with van der Waals surface area (Å²) in [5.41, 5.74) is 0.425. The van der Waals surface area contributed by atoms with Crippen LogP contribution < -0.4 is 9.47 Å². The number of methoxy groups -OCH3 is 2. The lowest BCUT2D eigenvalue weighted by Crippen LogP contribution is -2.10. The van der Waals surface area contributed by atoms with Crippen molar-refractivity contribution in [3.8, 4) is 11.5 Å². The van der Waals surface area contributed by atoms with Gasteiger partial charge in [-0.3, -0.25) is 0 Å². The van der Waals surface area contributed by atoms with Crippen LogP contribution in [0.1, 0.15) is 11.7 Å². The van der Waals surface area contributed by atoms with Gasteiger partial charge in [-0.1, -0.05) is 0 Å². The van der Waals surface area contributed by atoms with Crippen LogP contribution in [0.4, 0.5) is 0 Å². The number of hydrogen-bond donors (Lipinski definition) is 1. The fourth-order valence-corrected chi connectivity index (χ4v) is 2.11. The van der Waals surface area contributed by atoms with Crippen molar-refractivity contribution in [3.05, 3.63) is 22.2 Å². The van der Waals surface area contributed by atoms with Gasteiger partial charge in [0.2, 0.25) is 0 Å². The zero-order valence-corrected chi connectivity index (χ0v) is 11.8. The minimum atomic E-state index is -1.08. The quantitative estimate of drug-likeness (QED) is 0.861. The summed E-state index contributed by atoms with van der Waals surface area (Å²) in [5.74, 6) is 0.928. The lowest BCUT2D eigenvalue weighted by molar-refractivity contribution is 0.182. The maximum Gasteiger partial charge on any atom is 0.142 e. The van der Waals surface area contributed by atoms with Crippen molar-refractivity contribution in [3.63, 3.8) is 0 Å². The fourth-order valence-electron chi connectivity index (χ4n) is 1.35. The molecule has 3 nitrogen and oxygen atoms in total. The summed E-state index contributed by atoms with van der Waals surface area (Å²) < 4.78 is 11.0. The number of rotatable bonds is 4. The van der Waals surface area contributed by atoms with Crippen molar-refractivity contribution in [2.45, 2.75) is 10.9 Å². The highest BCUT2D eigenvalue weighted by molar-refractivity contribution is 9.10. The number of aliphatic hydroxyl groups excluding tert-OH is 1. The van der Waals surface area contributed by atoms with Gasteiger partial charge in [-0.2, -0.15) is 0 Å². The maximum absolute atomic E-state index is 9.90. The van der Waals surface area contributed by atoms with Crippen LogP contribution in [-0.4, -0.2) is 24.2 Å². The van der Waals surface area contributed by atoms with Gasteiger partial charge in [0.1, 0.15) is 22.4 Å². The highest BCUT2D eigenvalue weighted by atomic mass is 79.9. The lowest BCUT2D eigenvalue weighted by Gasteiger charge is -2.19. The predicted molar refractivity (Wildman–Crippen MR) is 67.7 cm³/mol. The Morgan fingerprint density at radius 2 is 1.88 bits per heavy atom. The number of halogens is 3. The van der Waals surface area contributed by atoms with Crippen LogP contribution in [0.15, 0.2) is 16.6 Å². The summed E-state index contributed by atoms with van der Waals surface area (Å²) >= 11 is 14.6. The standard InChI is InChI=1S/C10H11BrCl2O3/c1-15-6-4-3-5(11)9(16-2)7(6)8(14)10(12)13/h3-4,8,10,14H,1-2H3. The summed E-state index contributed by atoms with van der Waals surface area (Å²) in [6, 6.07) is 3.45. The predicted octanol–water partition coefficient (Wildman–Crippen LogP) is 3.30. The Kier molecular flexibility index (Phi) is 5.18. The first-order chi connectivity index (χ1) is 7.52. The lowest BCUT2D eigenvalue weighted by atomic mass is 10.1. The summed E-state index contributed by atoms with van der Waals surface area (Å²) in [4.78, 5) is -0.961. The van der Waals surface area contributed by atoms with Crippen molar-refractivity contribution in [1.29, 1.82) is 0 Å². The molecule has 0 aliphatic carbocycles. The Labute approximate surface area is 112 Å². The molecule has 1 aromatic rings. The van der Waals surface area contributed by atoms with E-state index in [1.165, 1.54) is 14.2 Å². The largest absolute Gasteiger partial charge is 0.496 e. The third-order valence-corrected chi connectivity index (χ3v) is 3.17. The van der Waals surface area contributed by atoms with Crippen LogP contribution in [0, 0.1) is 0 Å². The van der Waals surface area contributed by atoms with Crippen LogP contribution in [-0.2, 0) is 0 Å². The number of alkyl halides is 2. The van der Waals surface area contributed by atoms with Crippen LogP contribution in [0.3, 0.4) is 0 Å². The van der Waals surface area contributed by atoms with E-state index in [9.17, 15) is 5.11 Å². The van der Waals surface area contributed by atoms with Gasteiger partial charge in [0.15, 0.2) is 0 Å². The van der Waals surface area contributed by atoms with Gasteiger partial charge in [0, 0.05) is 0 Å². The van der Waals surface area contributed by atoms with Crippen LogP contribution >= 0.6 is 39.1 Å². The third kappa shape index (κ3) is 2.74. The molecule has 1 aromatic carbocycles. The minimum Gasteiger partial charge on any atom is -0.496 e. The number of ether oxygens (including phenoxy) is 2. The molecule has 0 aliphatic heterocycles. The van der Waals surface area contributed by atoms with Gasteiger partial charge >= 0.3 is 0 Å². The molecule has 0 saturated carbocycles. The van der Waals surface area contributed by atoms with Crippen molar-refractivity contribution in [1.82, 2.24) is 0 Å². The van der Waals surface area contributed by atoms with Gasteiger partial charge in [-0.25, -0.2) is 0 Å². The summed E-state index contributed by atoms with van der Waals surface area (Å²) in [6.45, 7) is 0. The summed E-state index contributed by atoms with van der Waals surface area (Å²) in [7, 11) is 2.99. The third-order valence-electron chi connectivity index (χ3n) is 2.07. The van der Waals surface area contributed by atoms with Gasteiger partial charge in [0.25, 0.3) is 0 Å². The minimum absolute atomic E-state index is 0.425. The zero-order chi connectivity index (χ0) is 12.3. The van der Waals surface area contributed by atoms with E-state index < -0.39 is 10.9 Å². The van der Waals surface area contributed by atoms with E-state index in [2.05, 4.69) is 15.9 Å². The Bertz CT molecular complexity index is 371. The van der Waals surface area contributed by atoms with Crippen molar-refractivity contribution in [2.24, 2.45) is 0 Å². The van der Waals surface area contributed by atoms with E-state index in [4.69, 9.17) is 32.7 Å². The van der Waals surface area contributed by atoms with Crippen LogP contribution in [0.5, 0.6) is 11.5 Å². The van der Waals surface area contributed by atoms with E-state index in [0.29, 0.717) is 21.5 Å². The summed E-state index contributed by atoms with van der Waals surface area (Å²) in [5, 5.41) is 9.90. The molecule has 0 spiro atoms. The molecule has 0 bridgehead atoms. The zero-order valence-electron chi connectivity index (χ0n) is 8.71. The molecule has 16 heavy (non-hydrogen) atoms. The fraction of sp³-hybridized carbons (Fsp3) is 0.400. The Morgan fingerprint density at radius 1 is 1.25 bits per heavy atom. The first kappa shape index (κ1) is 13.9. The van der Waals surface area contributed by atoms with Gasteiger partial charge in [-0.15, -0.1) is 23.2 Å². The molecule has 0 heterocycles. The molecule has 0 amide bonds. The molecule has 1 atom stereocenters. The highest BCUT2D eigenvalue weighted by Gasteiger charge is 2.25. The summed E-state index contributed by atoms with van der Waals surface area (Å²) in [6.07, 6.45) is -1.08. The SMILES string of the molecule is COc1ccc(Br)c(OC)c1C(O)C(Cl)Cl. The monoisotopic (exact) mass is 328 g/mol. The van der Waals surface area contributed by atoms with Crippen molar-refractivity contribution in [2.75, 3.05) is 14.2 Å². The average Bonchev–Trinajstić information content (AvgIpc) is 2.27. The van der Waals surface area contributed by atoms with Crippen LogP contribution in [0.2, 0.25) is 0 Å². The van der Waals surface area contributed by atoms with Gasteiger partial charge in [0.05, 0.1) is 24.3 Å².